The van der Waals surface area contributed by atoms with Gasteiger partial charge in [-0.15, -0.1) is 11.6 Å². The molecule has 29 heavy (non-hydrogen) atoms. The van der Waals surface area contributed by atoms with Gasteiger partial charge in [-0.3, -0.25) is 4.79 Å². The molecule has 1 heterocycles. The van der Waals surface area contributed by atoms with Crippen molar-refractivity contribution >= 4 is 23.5 Å². The summed E-state index contributed by atoms with van der Waals surface area (Å²) in [5, 5.41) is 6.65. The number of amides is 3. The number of urea groups is 1. The highest BCUT2D eigenvalue weighted by atomic mass is 35.5. The molecule has 5 fully saturated rings. The average molecular weight is 414 g/mol. The Bertz CT molecular complexity index is 846. The molecule has 1 aromatic rings. The van der Waals surface area contributed by atoms with E-state index in [1.165, 1.54) is 24.0 Å². The first-order chi connectivity index (χ1) is 14.0. The molecule has 1 spiro atoms. The second kappa shape index (κ2) is 6.13. The van der Waals surface area contributed by atoms with Crippen molar-refractivity contribution in [3.63, 3.8) is 0 Å². The molecule has 1 saturated heterocycles. The van der Waals surface area contributed by atoms with Gasteiger partial charge in [0.15, 0.2) is 0 Å². The van der Waals surface area contributed by atoms with Crippen LogP contribution in [0.5, 0.6) is 0 Å². The lowest BCUT2D eigenvalue weighted by Crippen LogP contribution is -2.67. The topological polar surface area (TPSA) is 61.4 Å². The Labute approximate surface area is 176 Å². The van der Waals surface area contributed by atoms with Crippen LogP contribution in [0.2, 0.25) is 0 Å². The summed E-state index contributed by atoms with van der Waals surface area (Å²) in [6.45, 7) is 0.809. The summed E-state index contributed by atoms with van der Waals surface area (Å²) in [6, 6.07) is 9.03. The highest BCUT2D eigenvalue weighted by Crippen LogP contribution is 2.57. The Kier molecular flexibility index (Phi) is 3.82. The van der Waals surface area contributed by atoms with Gasteiger partial charge in [-0.05, 0) is 73.8 Å². The van der Waals surface area contributed by atoms with Crippen molar-refractivity contribution in [2.45, 2.75) is 62.1 Å². The average Bonchev–Trinajstić information content (AvgIpc) is 3.18. The summed E-state index contributed by atoms with van der Waals surface area (Å²) in [5.41, 5.74) is 2.53. The maximum absolute atomic E-state index is 13.1. The molecule has 4 bridgehead atoms. The number of carbonyl (C=O) groups excluding carboxylic acids is 2. The van der Waals surface area contributed by atoms with E-state index in [1.54, 1.807) is 0 Å². The van der Waals surface area contributed by atoms with Crippen molar-refractivity contribution in [1.82, 2.24) is 15.5 Å². The third kappa shape index (κ3) is 2.73. The molecule has 6 heteroatoms. The summed E-state index contributed by atoms with van der Waals surface area (Å²) in [4.78, 5) is 27.4. The zero-order valence-corrected chi connectivity index (χ0v) is 17.4. The van der Waals surface area contributed by atoms with Crippen LogP contribution in [0, 0.1) is 17.8 Å². The molecule has 1 aliphatic heterocycles. The number of nitrogens with zero attached hydrogens (tertiary/aromatic N) is 1. The molecule has 7 rings (SSSR count). The molecular formula is C23H28ClN3O2. The summed E-state index contributed by atoms with van der Waals surface area (Å²) in [7, 11) is 0. The monoisotopic (exact) mass is 413 g/mol. The third-order valence-corrected chi connectivity index (χ3v) is 8.63. The lowest BCUT2D eigenvalue weighted by molar-refractivity contribution is -0.127. The zero-order chi connectivity index (χ0) is 19.8. The molecule has 4 saturated carbocycles. The molecule has 2 atom stereocenters. The number of carbonyl (C=O) groups is 2. The van der Waals surface area contributed by atoms with Gasteiger partial charge in [0, 0.05) is 18.1 Å². The minimum atomic E-state index is -0.139. The molecule has 0 aromatic heterocycles. The van der Waals surface area contributed by atoms with Crippen LogP contribution < -0.4 is 10.6 Å². The van der Waals surface area contributed by atoms with E-state index in [4.69, 9.17) is 11.6 Å². The summed E-state index contributed by atoms with van der Waals surface area (Å²) < 4.78 is 0. The zero-order valence-electron chi connectivity index (χ0n) is 16.6. The van der Waals surface area contributed by atoms with Gasteiger partial charge in [-0.1, -0.05) is 24.3 Å². The number of fused-ring (bicyclic) bond motifs is 1. The van der Waals surface area contributed by atoms with E-state index in [0.717, 1.165) is 38.6 Å². The Hall–Kier alpha value is -1.75. The molecule has 6 aliphatic rings. The molecule has 154 valence electrons. The van der Waals surface area contributed by atoms with Crippen molar-refractivity contribution < 1.29 is 9.59 Å². The van der Waals surface area contributed by atoms with Crippen LogP contribution in [0.4, 0.5) is 4.79 Å². The van der Waals surface area contributed by atoms with Gasteiger partial charge in [0.25, 0.3) is 0 Å². The highest BCUT2D eigenvalue weighted by Gasteiger charge is 2.60. The van der Waals surface area contributed by atoms with Crippen LogP contribution in [0.25, 0.3) is 0 Å². The predicted octanol–water partition coefficient (Wildman–Crippen LogP) is 2.85. The van der Waals surface area contributed by atoms with Gasteiger partial charge in [-0.2, -0.15) is 0 Å². The molecule has 5 aliphatic carbocycles. The van der Waals surface area contributed by atoms with Gasteiger partial charge in [0.2, 0.25) is 5.91 Å². The Morgan fingerprint density at radius 1 is 1.14 bits per heavy atom. The van der Waals surface area contributed by atoms with E-state index in [9.17, 15) is 9.59 Å². The second-order valence-electron chi connectivity index (χ2n) is 10.4. The van der Waals surface area contributed by atoms with Crippen molar-refractivity contribution in [3.05, 3.63) is 35.4 Å². The molecule has 1 aromatic carbocycles. The summed E-state index contributed by atoms with van der Waals surface area (Å²) in [5.74, 6) is 1.63. The SMILES string of the molecule is O=C(CCl)NC12CC3CC(C1)C(N1CC4(Cc5ccccc5C4)NC1=O)C(C3)C2. The first kappa shape index (κ1) is 18.1. The number of halogens is 1. The first-order valence-corrected chi connectivity index (χ1v) is 11.5. The van der Waals surface area contributed by atoms with Gasteiger partial charge >= 0.3 is 6.03 Å². The third-order valence-electron chi connectivity index (χ3n) is 8.39. The number of hydrogen-bond donors (Lipinski definition) is 2. The molecule has 2 unspecified atom stereocenters. The van der Waals surface area contributed by atoms with E-state index < -0.39 is 0 Å². The first-order valence-electron chi connectivity index (χ1n) is 11.0. The number of rotatable bonds is 3. The summed E-state index contributed by atoms with van der Waals surface area (Å²) >= 11 is 5.78. The van der Waals surface area contributed by atoms with Crippen LogP contribution in [-0.4, -0.2) is 46.4 Å². The molecular weight excluding hydrogens is 386 g/mol. The minimum Gasteiger partial charge on any atom is -0.350 e. The number of benzene rings is 1. The van der Waals surface area contributed by atoms with E-state index in [1.807, 2.05) is 0 Å². The van der Waals surface area contributed by atoms with Crippen molar-refractivity contribution in [2.75, 3.05) is 12.4 Å². The fourth-order valence-electron chi connectivity index (χ4n) is 7.86. The fourth-order valence-corrected chi connectivity index (χ4v) is 7.93. The van der Waals surface area contributed by atoms with Gasteiger partial charge in [0.1, 0.15) is 5.88 Å². The largest absolute Gasteiger partial charge is 0.350 e. The normalized spacial score (nSPS) is 38.4. The molecule has 3 amide bonds. The number of hydrogen-bond acceptors (Lipinski definition) is 2. The smallest absolute Gasteiger partial charge is 0.318 e. The van der Waals surface area contributed by atoms with E-state index in [-0.39, 0.29) is 28.9 Å². The van der Waals surface area contributed by atoms with Gasteiger partial charge < -0.3 is 15.5 Å². The quantitative estimate of drug-likeness (QED) is 0.748. The van der Waals surface area contributed by atoms with Crippen LogP contribution in [0.15, 0.2) is 24.3 Å². The molecule has 2 N–H and O–H groups in total. The van der Waals surface area contributed by atoms with Crippen LogP contribution in [0.1, 0.15) is 43.2 Å². The van der Waals surface area contributed by atoms with Crippen LogP contribution in [0.3, 0.4) is 0 Å². The van der Waals surface area contributed by atoms with E-state index in [2.05, 4.69) is 39.8 Å². The standard InChI is InChI=1S/C23H28ClN3O2/c24-12-19(28)25-22-7-14-5-17(10-22)20(18(6-14)11-22)27-13-23(26-21(27)29)8-15-3-1-2-4-16(15)9-23/h1-4,14,17-18,20H,5-13H2,(H,25,28)(H,26,29). The van der Waals surface area contributed by atoms with Crippen molar-refractivity contribution in [2.24, 2.45) is 17.8 Å². The fraction of sp³-hybridized carbons (Fsp3) is 0.652. The minimum absolute atomic E-state index is 0.0305. The van der Waals surface area contributed by atoms with Gasteiger partial charge in [-0.25, -0.2) is 4.79 Å². The van der Waals surface area contributed by atoms with Crippen LogP contribution in [-0.2, 0) is 17.6 Å². The van der Waals surface area contributed by atoms with Crippen molar-refractivity contribution in [1.29, 1.82) is 0 Å². The lowest BCUT2D eigenvalue weighted by Gasteiger charge is -2.61. The number of nitrogens with one attached hydrogen (secondary N) is 2. The molecule has 0 radical (unpaired) electrons. The van der Waals surface area contributed by atoms with E-state index in [0.29, 0.717) is 23.8 Å². The summed E-state index contributed by atoms with van der Waals surface area (Å²) in [6.07, 6.45) is 7.32. The maximum Gasteiger partial charge on any atom is 0.318 e. The van der Waals surface area contributed by atoms with Crippen molar-refractivity contribution in [3.8, 4) is 0 Å². The van der Waals surface area contributed by atoms with Gasteiger partial charge in [0.05, 0.1) is 5.54 Å². The number of alkyl halides is 1. The Morgan fingerprint density at radius 3 is 2.41 bits per heavy atom. The molecule has 5 nitrogen and oxygen atoms in total. The van der Waals surface area contributed by atoms with Crippen LogP contribution >= 0.6 is 11.6 Å². The maximum atomic E-state index is 13.1. The lowest BCUT2D eigenvalue weighted by atomic mass is 9.50. The highest BCUT2D eigenvalue weighted by molar-refractivity contribution is 6.27. The second-order valence-corrected chi connectivity index (χ2v) is 10.7. The predicted molar refractivity (Wildman–Crippen MR) is 111 cm³/mol. The Balaban J connectivity index is 1.24. The Morgan fingerprint density at radius 2 is 1.79 bits per heavy atom. The van der Waals surface area contributed by atoms with E-state index >= 15 is 0 Å².